The Labute approximate surface area is 200 Å². The molecule has 3 aromatic carbocycles. The Morgan fingerprint density at radius 1 is 1.12 bits per heavy atom. The predicted molar refractivity (Wildman–Crippen MR) is 126 cm³/mol. The molecule has 0 atom stereocenters. The van der Waals surface area contributed by atoms with Crippen LogP contribution in [0, 0.1) is 12.5 Å². The number of carbonyl (C=O) groups excluding carboxylic acids is 1. The molecule has 4 rings (SSSR count). The molecule has 1 aliphatic heterocycles. The first-order chi connectivity index (χ1) is 16.2. The lowest BCUT2D eigenvalue weighted by molar-refractivity contribution is -0.185. The largest absolute Gasteiger partial charge is 0.496 e. The van der Waals surface area contributed by atoms with Gasteiger partial charge in [-0.1, -0.05) is 48.0 Å². The molecule has 1 heterocycles. The molecule has 0 spiro atoms. The molecule has 0 bridgehead atoms. The number of hydrogen-bond donors (Lipinski definition) is 0. The average Bonchev–Trinajstić information content (AvgIpc) is 2.84. The number of alkyl halides is 3. The van der Waals surface area contributed by atoms with Crippen LogP contribution >= 0.6 is 11.6 Å². The Morgan fingerprint density at radius 3 is 2.35 bits per heavy atom. The number of carbonyl (C=O) groups is 1. The van der Waals surface area contributed by atoms with Crippen LogP contribution in [0.4, 0.5) is 18.9 Å². The van der Waals surface area contributed by atoms with E-state index in [-0.39, 0.29) is 18.6 Å². The van der Waals surface area contributed by atoms with E-state index in [1.165, 1.54) is 7.11 Å². The number of likely N-dealkylation sites (tertiary alicyclic amines) is 1. The van der Waals surface area contributed by atoms with Gasteiger partial charge in [0.2, 0.25) is 0 Å². The van der Waals surface area contributed by atoms with Crippen molar-refractivity contribution in [3.05, 3.63) is 81.7 Å². The fraction of sp³-hybridized carbons (Fsp3) is 0.308. The minimum Gasteiger partial charge on any atom is -0.496 e. The number of methoxy groups -OCH3 is 1. The summed E-state index contributed by atoms with van der Waals surface area (Å²) in [4.78, 5) is 18.3. The predicted octanol–water partition coefficient (Wildman–Crippen LogP) is 7.06. The van der Waals surface area contributed by atoms with E-state index in [4.69, 9.17) is 22.9 Å². The van der Waals surface area contributed by atoms with Gasteiger partial charge >= 0.3 is 6.18 Å². The number of ether oxygens (including phenoxy) is 1. The number of fused-ring (bicyclic) bond motifs is 1. The second-order valence-corrected chi connectivity index (χ2v) is 8.77. The highest BCUT2D eigenvalue weighted by molar-refractivity contribution is 6.36. The van der Waals surface area contributed by atoms with Crippen LogP contribution in [0.3, 0.4) is 0 Å². The normalized spacial score (nSPS) is 15.3. The highest BCUT2D eigenvalue weighted by Gasteiger charge is 2.41. The Balaban J connectivity index is 1.63. The highest BCUT2D eigenvalue weighted by Crippen LogP contribution is 2.39. The van der Waals surface area contributed by atoms with Crippen LogP contribution in [0.2, 0.25) is 5.02 Å². The number of piperidine rings is 1. The minimum atomic E-state index is -4.16. The topological polar surface area (TPSA) is 33.9 Å². The molecule has 8 heteroatoms. The summed E-state index contributed by atoms with van der Waals surface area (Å²) in [5.74, 6) is -0.902. The van der Waals surface area contributed by atoms with Gasteiger partial charge in [-0.3, -0.25) is 9.69 Å². The lowest BCUT2D eigenvalue weighted by Gasteiger charge is -2.33. The van der Waals surface area contributed by atoms with Crippen molar-refractivity contribution in [1.82, 2.24) is 4.90 Å². The molecule has 1 aliphatic rings. The molecule has 4 nitrogen and oxygen atoms in total. The van der Waals surface area contributed by atoms with Gasteiger partial charge in [-0.15, -0.1) is 0 Å². The van der Waals surface area contributed by atoms with Crippen molar-refractivity contribution in [3.63, 3.8) is 0 Å². The zero-order valence-electron chi connectivity index (χ0n) is 18.5. The summed E-state index contributed by atoms with van der Waals surface area (Å²) in [6.45, 7) is 8.04. The number of hydrogen-bond acceptors (Lipinski definition) is 3. The molecule has 0 aliphatic carbocycles. The molecule has 1 saturated heterocycles. The molecule has 0 aromatic heterocycles. The summed E-state index contributed by atoms with van der Waals surface area (Å²) in [6, 6.07) is 13.5. The van der Waals surface area contributed by atoms with Gasteiger partial charge < -0.3 is 4.74 Å². The fourth-order valence-electron chi connectivity index (χ4n) is 4.34. The van der Waals surface area contributed by atoms with Crippen LogP contribution in [0.15, 0.2) is 48.5 Å². The summed E-state index contributed by atoms with van der Waals surface area (Å²) < 4.78 is 44.6. The number of benzene rings is 3. The molecule has 34 heavy (non-hydrogen) atoms. The molecular formula is C26H22ClF3N2O2. The Morgan fingerprint density at radius 2 is 1.76 bits per heavy atom. The van der Waals surface area contributed by atoms with Gasteiger partial charge in [0.05, 0.1) is 24.6 Å². The van der Waals surface area contributed by atoms with Gasteiger partial charge in [-0.25, -0.2) is 4.85 Å². The lowest BCUT2D eigenvalue weighted by atomic mass is 9.95. The van der Waals surface area contributed by atoms with Crippen molar-refractivity contribution in [2.24, 2.45) is 5.92 Å². The summed E-state index contributed by atoms with van der Waals surface area (Å²) in [7, 11) is 1.53. The number of ketones is 1. The van der Waals surface area contributed by atoms with Crippen LogP contribution in [0.1, 0.15) is 34.3 Å². The molecule has 0 N–H and O–H groups in total. The molecule has 176 valence electrons. The standard InChI is InChI=1S/C26H22ClF3N2O2/c1-31-20-7-5-16(6-8-20)25(33)18-4-3-17-14-23(34-2)22(24(27)21(17)13-18)15-32-11-9-19(10-12-32)26(28,29)30/h3-8,13-14,19H,9-12,15H2,2H3. The number of halogens is 4. The molecule has 0 saturated carbocycles. The minimum absolute atomic E-state index is 0.0575. The maximum Gasteiger partial charge on any atom is 0.391 e. The van der Waals surface area contributed by atoms with Crippen molar-refractivity contribution < 1.29 is 22.7 Å². The maximum atomic E-state index is 13.0. The molecule has 0 unspecified atom stereocenters. The summed E-state index contributed by atoms with van der Waals surface area (Å²) in [5, 5.41) is 1.89. The van der Waals surface area contributed by atoms with Crippen LogP contribution in [0.5, 0.6) is 5.75 Å². The van der Waals surface area contributed by atoms with Crippen molar-refractivity contribution in [1.29, 1.82) is 0 Å². The molecule has 1 fully saturated rings. The van der Waals surface area contributed by atoms with Crippen molar-refractivity contribution in [2.45, 2.75) is 25.6 Å². The van der Waals surface area contributed by atoms with Crippen LogP contribution in [-0.4, -0.2) is 37.1 Å². The Hall–Kier alpha value is -3.08. The van der Waals surface area contributed by atoms with Crippen LogP contribution < -0.4 is 4.74 Å². The molecular weight excluding hydrogens is 465 g/mol. The van der Waals surface area contributed by atoms with E-state index < -0.39 is 12.1 Å². The monoisotopic (exact) mass is 486 g/mol. The van der Waals surface area contributed by atoms with Crippen molar-refractivity contribution in [2.75, 3.05) is 20.2 Å². The second-order valence-electron chi connectivity index (χ2n) is 8.39. The second kappa shape index (κ2) is 9.65. The summed E-state index contributed by atoms with van der Waals surface area (Å²) >= 11 is 6.78. The van der Waals surface area contributed by atoms with Gasteiger partial charge in [0.1, 0.15) is 5.75 Å². The first kappa shape index (κ1) is 24.1. The average molecular weight is 487 g/mol. The van der Waals surface area contributed by atoms with E-state index in [1.54, 1.807) is 42.5 Å². The zero-order valence-corrected chi connectivity index (χ0v) is 19.2. The van der Waals surface area contributed by atoms with E-state index in [9.17, 15) is 18.0 Å². The molecule has 3 aromatic rings. The summed E-state index contributed by atoms with van der Waals surface area (Å²) in [5.41, 5.74) is 2.05. The Kier molecular flexibility index (Phi) is 6.83. The molecule has 0 amide bonds. The lowest BCUT2D eigenvalue weighted by Crippen LogP contribution is -2.38. The fourth-order valence-corrected chi connectivity index (χ4v) is 4.65. The zero-order chi connectivity index (χ0) is 24.5. The van der Waals surface area contributed by atoms with Gasteiger partial charge in [-0.2, -0.15) is 13.2 Å². The maximum absolute atomic E-state index is 13.0. The number of nitrogens with zero attached hydrogens (tertiary/aromatic N) is 2. The van der Waals surface area contributed by atoms with Crippen molar-refractivity contribution in [3.8, 4) is 5.75 Å². The highest BCUT2D eigenvalue weighted by atomic mass is 35.5. The van der Waals surface area contributed by atoms with Gasteiger partial charge in [0.25, 0.3) is 0 Å². The van der Waals surface area contributed by atoms with Gasteiger partial charge in [0.15, 0.2) is 11.5 Å². The first-order valence-electron chi connectivity index (χ1n) is 10.8. The van der Waals surface area contributed by atoms with Crippen LogP contribution in [0.25, 0.3) is 15.6 Å². The van der Waals surface area contributed by atoms with E-state index in [0.29, 0.717) is 58.2 Å². The number of rotatable bonds is 5. The van der Waals surface area contributed by atoms with Gasteiger partial charge in [0, 0.05) is 28.6 Å². The van der Waals surface area contributed by atoms with Gasteiger partial charge in [-0.05, 0) is 43.5 Å². The quantitative estimate of drug-likeness (QED) is 0.286. The summed E-state index contributed by atoms with van der Waals surface area (Å²) in [6.07, 6.45) is -4.05. The third-order valence-corrected chi connectivity index (χ3v) is 6.74. The van der Waals surface area contributed by atoms with E-state index in [2.05, 4.69) is 4.85 Å². The SMILES string of the molecule is [C-]#[N+]c1ccc(C(=O)c2ccc3cc(OC)c(CN4CCC(C(F)(F)F)CC4)c(Cl)c3c2)cc1. The van der Waals surface area contributed by atoms with E-state index >= 15 is 0 Å². The third-order valence-electron chi connectivity index (χ3n) is 6.31. The third kappa shape index (κ3) is 4.89. The smallest absolute Gasteiger partial charge is 0.391 e. The Bertz CT molecular complexity index is 1260. The van der Waals surface area contributed by atoms with Crippen molar-refractivity contribution >= 4 is 33.8 Å². The first-order valence-corrected chi connectivity index (χ1v) is 11.2. The van der Waals surface area contributed by atoms with E-state index in [0.717, 1.165) is 5.39 Å². The molecule has 0 radical (unpaired) electrons. The van der Waals surface area contributed by atoms with E-state index in [1.807, 2.05) is 11.0 Å². The van der Waals surface area contributed by atoms with Crippen LogP contribution in [-0.2, 0) is 6.54 Å².